The molecule has 5 nitrogen and oxygen atoms in total. The average molecular weight is 254 g/mol. The molecule has 0 aliphatic heterocycles. The van der Waals surface area contributed by atoms with Gasteiger partial charge in [0.05, 0.1) is 17.7 Å². The lowest BCUT2D eigenvalue weighted by molar-refractivity contribution is -0.136. The number of carboxylic acids is 1. The Hall–Kier alpha value is -2.56. The third kappa shape index (κ3) is 1.89. The number of ketones is 1. The minimum absolute atomic E-state index is 0.0192. The molecule has 0 amide bonds. The van der Waals surface area contributed by atoms with Crippen molar-refractivity contribution in [1.82, 2.24) is 10.2 Å². The lowest BCUT2D eigenvalue weighted by Crippen LogP contribution is -2.03. The van der Waals surface area contributed by atoms with Gasteiger partial charge in [-0.25, -0.2) is 0 Å². The van der Waals surface area contributed by atoms with Gasteiger partial charge in [-0.3, -0.25) is 9.59 Å². The molecule has 1 heterocycles. The SMILES string of the molecule is O=C(O)CCc1cc2c(nn1)-c1ccccc1C2=O. The first-order valence-electron chi connectivity index (χ1n) is 5.89. The van der Waals surface area contributed by atoms with Crippen LogP contribution >= 0.6 is 0 Å². The summed E-state index contributed by atoms with van der Waals surface area (Å²) in [6.45, 7) is 0. The van der Waals surface area contributed by atoms with Crippen molar-refractivity contribution in [3.63, 3.8) is 0 Å². The summed E-state index contributed by atoms with van der Waals surface area (Å²) in [6, 6.07) is 8.90. The van der Waals surface area contributed by atoms with Crippen molar-refractivity contribution < 1.29 is 14.7 Å². The van der Waals surface area contributed by atoms with Gasteiger partial charge in [0.2, 0.25) is 0 Å². The van der Waals surface area contributed by atoms with Crippen LogP contribution in [-0.4, -0.2) is 27.1 Å². The molecule has 0 saturated heterocycles. The van der Waals surface area contributed by atoms with Crippen molar-refractivity contribution in [2.75, 3.05) is 0 Å². The van der Waals surface area contributed by atoms with Gasteiger partial charge in [0.25, 0.3) is 0 Å². The van der Waals surface area contributed by atoms with Crippen LogP contribution in [0.2, 0.25) is 0 Å². The molecular formula is C14H10N2O3. The molecule has 0 saturated carbocycles. The van der Waals surface area contributed by atoms with E-state index in [0.29, 0.717) is 22.5 Å². The summed E-state index contributed by atoms with van der Waals surface area (Å²) in [7, 11) is 0. The lowest BCUT2D eigenvalue weighted by atomic mass is 10.1. The quantitative estimate of drug-likeness (QED) is 0.769. The zero-order valence-electron chi connectivity index (χ0n) is 9.96. The van der Waals surface area contributed by atoms with Crippen molar-refractivity contribution in [3.8, 4) is 11.3 Å². The molecule has 1 aliphatic rings. The van der Waals surface area contributed by atoms with E-state index in [0.717, 1.165) is 5.56 Å². The number of hydrogen-bond donors (Lipinski definition) is 1. The maximum atomic E-state index is 12.2. The molecule has 3 rings (SSSR count). The first-order chi connectivity index (χ1) is 9.16. The Labute approximate surface area is 108 Å². The second-order valence-electron chi connectivity index (χ2n) is 4.37. The molecule has 0 fully saturated rings. The Balaban J connectivity index is 2.00. The number of aromatic nitrogens is 2. The van der Waals surface area contributed by atoms with Crippen LogP contribution in [0.15, 0.2) is 30.3 Å². The summed E-state index contributed by atoms with van der Waals surface area (Å²) < 4.78 is 0. The fraction of sp³-hybridized carbons (Fsp3) is 0.143. The van der Waals surface area contributed by atoms with Crippen LogP contribution in [0.5, 0.6) is 0 Å². The van der Waals surface area contributed by atoms with E-state index in [1.807, 2.05) is 12.1 Å². The zero-order chi connectivity index (χ0) is 13.4. The number of nitrogens with zero attached hydrogens (tertiary/aromatic N) is 2. The molecule has 0 unspecified atom stereocenters. The number of aryl methyl sites for hydroxylation is 1. The van der Waals surface area contributed by atoms with Gasteiger partial charge in [-0.15, -0.1) is 5.10 Å². The largest absolute Gasteiger partial charge is 0.481 e. The van der Waals surface area contributed by atoms with Crippen molar-refractivity contribution in [2.24, 2.45) is 0 Å². The van der Waals surface area contributed by atoms with Gasteiger partial charge in [-0.2, -0.15) is 5.10 Å². The molecule has 5 heteroatoms. The van der Waals surface area contributed by atoms with Gasteiger partial charge >= 0.3 is 5.97 Å². The van der Waals surface area contributed by atoms with E-state index in [4.69, 9.17) is 5.11 Å². The second kappa shape index (κ2) is 4.28. The smallest absolute Gasteiger partial charge is 0.303 e. The van der Waals surface area contributed by atoms with E-state index in [1.54, 1.807) is 18.2 Å². The van der Waals surface area contributed by atoms with Crippen LogP contribution in [0, 0.1) is 0 Å². The highest BCUT2D eigenvalue weighted by Crippen LogP contribution is 2.34. The zero-order valence-corrected chi connectivity index (χ0v) is 9.96. The molecular weight excluding hydrogens is 244 g/mol. The lowest BCUT2D eigenvalue weighted by Gasteiger charge is -2.00. The summed E-state index contributed by atoms with van der Waals surface area (Å²) in [5.41, 5.74) is 3.04. The van der Waals surface area contributed by atoms with Crippen LogP contribution in [-0.2, 0) is 11.2 Å². The second-order valence-corrected chi connectivity index (χ2v) is 4.37. The monoisotopic (exact) mass is 254 g/mol. The highest BCUT2D eigenvalue weighted by Gasteiger charge is 2.28. The number of carbonyl (C=O) groups excluding carboxylic acids is 1. The number of rotatable bonds is 3. The van der Waals surface area contributed by atoms with Crippen LogP contribution < -0.4 is 0 Å². The fourth-order valence-corrected chi connectivity index (χ4v) is 2.19. The Morgan fingerprint density at radius 1 is 1.11 bits per heavy atom. The number of benzene rings is 1. The van der Waals surface area contributed by atoms with Crippen molar-refractivity contribution in [1.29, 1.82) is 0 Å². The van der Waals surface area contributed by atoms with Gasteiger partial charge in [-0.1, -0.05) is 24.3 Å². The average Bonchev–Trinajstić information content (AvgIpc) is 2.71. The minimum Gasteiger partial charge on any atom is -0.481 e. The summed E-state index contributed by atoms with van der Waals surface area (Å²) >= 11 is 0. The van der Waals surface area contributed by atoms with Crippen molar-refractivity contribution in [3.05, 3.63) is 47.2 Å². The summed E-state index contributed by atoms with van der Waals surface area (Å²) in [6.07, 6.45) is 0.258. The maximum absolute atomic E-state index is 12.2. The predicted octanol–water partition coefficient (Wildman–Crippen LogP) is 1.71. The Bertz CT molecular complexity index is 695. The van der Waals surface area contributed by atoms with Gasteiger partial charge in [-0.05, 0) is 6.07 Å². The molecule has 19 heavy (non-hydrogen) atoms. The molecule has 94 valence electrons. The fourth-order valence-electron chi connectivity index (χ4n) is 2.19. The molecule has 0 bridgehead atoms. The van der Waals surface area contributed by atoms with Crippen molar-refractivity contribution in [2.45, 2.75) is 12.8 Å². The van der Waals surface area contributed by atoms with E-state index in [1.165, 1.54) is 0 Å². The van der Waals surface area contributed by atoms with E-state index in [2.05, 4.69) is 10.2 Å². The van der Waals surface area contributed by atoms with Gasteiger partial charge in [0, 0.05) is 17.5 Å². The van der Waals surface area contributed by atoms with Crippen LogP contribution in [0.4, 0.5) is 0 Å². The molecule has 2 aromatic rings. The number of aliphatic carboxylic acids is 1. The van der Waals surface area contributed by atoms with Crippen LogP contribution in [0.25, 0.3) is 11.3 Å². The number of carbonyl (C=O) groups is 2. The Morgan fingerprint density at radius 2 is 1.84 bits per heavy atom. The van der Waals surface area contributed by atoms with Gasteiger partial charge in [0.1, 0.15) is 5.69 Å². The minimum atomic E-state index is -0.892. The van der Waals surface area contributed by atoms with Crippen molar-refractivity contribution >= 4 is 11.8 Å². The molecule has 1 aliphatic carbocycles. The number of hydrogen-bond acceptors (Lipinski definition) is 4. The summed E-state index contributed by atoms with van der Waals surface area (Å²) in [4.78, 5) is 22.7. The van der Waals surface area contributed by atoms with E-state index in [-0.39, 0.29) is 18.6 Å². The summed E-state index contributed by atoms with van der Waals surface area (Å²) in [5, 5.41) is 16.7. The Morgan fingerprint density at radius 3 is 2.58 bits per heavy atom. The highest BCUT2D eigenvalue weighted by molar-refractivity contribution is 6.20. The molecule has 0 spiro atoms. The molecule has 1 aromatic heterocycles. The first kappa shape index (κ1) is 11.5. The number of carboxylic acid groups (broad SMARTS) is 1. The molecule has 0 atom stereocenters. The molecule has 1 N–H and O–H groups in total. The third-order valence-corrected chi connectivity index (χ3v) is 3.11. The standard InChI is InChI=1S/C14H10N2O3/c17-12(18)6-5-8-7-11-13(16-15-8)9-3-1-2-4-10(9)14(11)19/h1-4,7H,5-6H2,(H,17,18). The van der Waals surface area contributed by atoms with Gasteiger partial charge < -0.3 is 5.11 Å². The van der Waals surface area contributed by atoms with Crippen LogP contribution in [0.3, 0.4) is 0 Å². The Kier molecular flexibility index (Phi) is 2.59. The van der Waals surface area contributed by atoms with Gasteiger partial charge in [0.15, 0.2) is 5.78 Å². The normalized spacial score (nSPS) is 12.1. The first-order valence-corrected chi connectivity index (χ1v) is 5.89. The third-order valence-electron chi connectivity index (χ3n) is 3.11. The highest BCUT2D eigenvalue weighted by atomic mass is 16.4. The number of fused-ring (bicyclic) bond motifs is 3. The summed E-state index contributed by atoms with van der Waals surface area (Å²) in [5.74, 6) is -0.964. The predicted molar refractivity (Wildman–Crippen MR) is 66.9 cm³/mol. The molecule has 1 aromatic carbocycles. The topological polar surface area (TPSA) is 80.2 Å². The van der Waals surface area contributed by atoms with E-state index < -0.39 is 5.97 Å². The van der Waals surface area contributed by atoms with Crippen LogP contribution in [0.1, 0.15) is 28.0 Å². The van der Waals surface area contributed by atoms with E-state index >= 15 is 0 Å². The van der Waals surface area contributed by atoms with E-state index in [9.17, 15) is 9.59 Å². The maximum Gasteiger partial charge on any atom is 0.303 e. The molecule has 0 radical (unpaired) electrons.